The number of carbonyl (C=O) groups excluding carboxylic acids is 2. The van der Waals surface area contributed by atoms with Gasteiger partial charge in [0.05, 0.1) is 11.9 Å². The molecule has 1 unspecified atom stereocenters. The Morgan fingerprint density at radius 2 is 2.08 bits per heavy atom. The second-order valence-corrected chi connectivity index (χ2v) is 6.80. The summed E-state index contributed by atoms with van der Waals surface area (Å²) in [6, 6.07) is 9.11. The number of amides is 2. The van der Waals surface area contributed by atoms with Crippen LogP contribution in [-0.4, -0.2) is 47.7 Å². The molecule has 0 radical (unpaired) electrons. The highest BCUT2D eigenvalue weighted by molar-refractivity contribution is 7.99. The molecular weight excluding hydrogens is 326 g/mol. The fourth-order valence-corrected chi connectivity index (χ4v) is 3.35. The topological polar surface area (TPSA) is 84.7 Å². The summed E-state index contributed by atoms with van der Waals surface area (Å²) >= 11 is 1.75. The molecule has 132 valence electrons. The molecule has 6 nitrogen and oxygen atoms in total. The van der Waals surface area contributed by atoms with Crippen molar-refractivity contribution in [2.45, 2.75) is 31.9 Å². The van der Waals surface area contributed by atoms with Gasteiger partial charge < -0.3 is 20.7 Å². The van der Waals surface area contributed by atoms with Gasteiger partial charge in [0.25, 0.3) is 0 Å². The number of rotatable bonds is 8. The zero-order chi connectivity index (χ0) is 17.2. The molecule has 1 aromatic rings. The zero-order valence-corrected chi connectivity index (χ0v) is 14.6. The van der Waals surface area contributed by atoms with E-state index in [-0.39, 0.29) is 12.5 Å². The van der Waals surface area contributed by atoms with Crippen molar-refractivity contribution >= 4 is 23.8 Å². The second kappa shape index (κ2) is 10.2. The van der Waals surface area contributed by atoms with Gasteiger partial charge in [0, 0.05) is 18.8 Å². The van der Waals surface area contributed by atoms with E-state index in [2.05, 4.69) is 5.32 Å². The summed E-state index contributed by atoms with van der Waals surface area (Å²) in [5.74, 6) is 1.78. The molecular formula is C17H25N3O3S. The summed E-state index contributed by atoms with van der Waals surface area (Å²) in [6.07, 6.45) is 1.79. The Kier molecular flexibility index (Phi) is 7.91. The van der Waals surface area contributed by atoms with Crippen molar-refractivity contribution in [3.63, 3.8) is 0 Å². The van der Waals surface area contributed by atoms with Gasteiger partial charge >= 0.3 is 6.09 Å². The van der Waals surface area contributed by atoms with Gasteiger partial charge in [0.1, 0.15) is 6.61 Å². The molecule has 0 bridgehead atoms. The van der Waals surface area contributed by atoms with Crippen molar-refractivity contribution in [2.75, 3.05) is 24.7 Å². The minimum absolute atomic E-state index is 0.0373. The normalized spacial score (nSPS) is 15.1. The van der Waals surface area contributed by atoms with E-state index in [1.165, 1.54) is 0 Å². The number of thioether (sulfide) groups is 1. The first-order chi connectivity index (χ1) is 11.7. The standard InChI is InChI=1S/C17H25N3O3S/c18-15(16(21)20-10-11-24-13-20)8-4-5-9-19-17(22)23-12-14-6-2-1-3-7-14/h1-3,6-7,15H,4-5,8-13,18H2,(H,19,22). The van der Waals surface area contributed by atoms with Gasteiger partial charge in [-0.25, -0.2) is 4.79 Å². The van der Waals surface area contributed by atoms with Crippen LogP contribution in [0.1, 0.15) is 24.8 Å². The SMILES string of the molecule is NC(CCCCNC(=O)OCc1ccccc1)C(=O)N1CCSC1. The molecule has 7 heteroatoms. The predicted octanol–water partition coefficient (Wildman–Crippen LogP) is 1.94. The van der Waals surface area contributed by atoms with Gasteiger partial charge in [0.15, 0.2) is 0 Å². The molecule has 1 aliphatic heterocycles. The van der Waals surface area contributed by atoms with E-state index in [4.69, 9.17) is 10.5 Å². The van der Waals surface area contributed by atoms with Crippen LogP contribution in [0.5, 0.6) is 0 Å². The number of unbranched alkanes of at least 4 members (excludes halogenated alkanes) is 1. The lowest BCUT2D eigenvalue weighted by Crippen LogP contribution is -2.42. The average molecular weight is 351 g/mol. The molecule has 2 amide bonds. The first-order valence-corrected chi connectivity index (χ1v) is 9.39. The van der Waals surface area contributed by atoms with Crippen LogP contribution in [0.2, 0.25) is 0 Å². The monoisotopic (exact) mass is 351 g/mol. The number of nitrogens with zero attached hydrogens (tertiary/aromatic N) is 1. The molecule has 1 saturated heterocycles. The number of alkyl carbamates (subject to hydrolysis) is 1. The van der Waals surface area contributed by atoms with Crippen molar-refractivity contribution in [1.29, 1.82) is 0 Å². The minimum atomic E-state index is -0.436. The first kappa shape index (κ1) is 18.6. The Bertz CT molecular complexity index is 521. The molecule has 1 fully saturated rings. The lowest BCUT2D eigenvalue weighted by molar-refractivity contribution is -0.131. The third-order valence-corrected chi connectivity index (χ3v) is 4.77. The zero-order valence-electron chi connectivity index (χ0n) is 13.8. The van der Waals surface area contributed by atoms with Crippen LogP contribution < -0.4 is 11.1 Å². The Hall–Kier alpha value is -1.73. The van der Waals surface area contributed by atoms with Gasteiger partial charge in [-0.05, 0) is 24.8 Å². The highest BCUT2D eigenvalue weighted by atomic mass is 32.2. The molecule has 1 aliphatic rings. The molecule has 24 heavy (non-hydrogen) atoms. The maximum Gasteiger partial charge on any atom is 0.407 e. The van der Waals surface area contributed by atoms with Gasteiger partial charge in [-0.3, -0.25) is 4.79 Å². The van der Waals surface area contributed by atoms with Crippen molar-refractivity contribution in [2.24, 2.45) is 5.73 Å². The van der Waals surface area contributed by atoms with Crippen LogP contribution >= 0.6 is 11.8 Å². The third kappa shape index (κ3) is 6.41. The minimum Gasteiger partial charge on any atom is -0.445 e. The van der Waals surface area contributed by atoms with Crippen LogP contribution in [0.4, 0.5) is 4.79 Å². The van der Waals surface area contributed by atoms with E-state index >= 15 is 0 Å². The quantitative estimate of drug-likeness (QED) is 0.699. The van der Waals surface area contributed by atoms with Crippen molar-refractivity contribution in [3.8, 4) is 0 Å². The number of hydrogen-bond donors (Lipinski definition) is 2. The second-order valence-electron chi connectivity index (χ2n) is 5.73. The number of benzene rings is 1. The van der Waals surface area contributed by atoms with E-state index in [9.17, 15) is 9.59 Å². The van der Waals surface area contributed by atoms with Crippen LogP contribution in [-0.2, 0) is 16.1 Å². The number of nitrogens with one attached hydrogen (secondary N) is 1. The number of hydrogen-bond acceptors (Lipinski definition) is 5. The largest absolute Gasteiger partial charge is 0.445 e. The molecule has 0 saturated carbocycles. The Labute approximate surface area is 147 Å². The Morgan fingerprint density at radius 1 is 1.29 bits per heavy atom. The van der Waals surface area contributed by atoms with Gasteiger partial charge in [-0.1, -0.05) is 30.3 Å². The number of carbonyl (C=O) groups is 2. The van der Waals surface area contributed by atoms with E-state index < -0.39 is 12.1 Å². The highest BCUT2D eigenvalue weighted by Gasteiger charge is 2.23. The Balaban J connectivity index is 1.51. The fourth-order valence-electron chi connectivity index (χ4n) is 2.40. The molecule has 1 aromatic carbocycles. The van der Waals surface area contributed by atoms with Crippen LogP contribution in [0, 0.1) is 0 Å². The molecule has 2 rings (SSSR count). The lowest BCUT2D eigenvalue weighted by Gasteiger charge is -2.19. The van der Waals surface area contributed by atoms with Crippen LogP contribution in [0.3, 0.4) is 0 Å². The number of nitrogens with two attached hydrogens (primary N) is 1. The maximum absolute atomic E-state index is 12.0. The van der Waals surface area contributed by atoms with Gasteiger partial charge in [0.2, 0.25) is 5.91 Å². The van der Waals surface area contributed by atoms with Crippen molar-refractivity contribution in [1.82, 2.24) is 10.2 Å². The Morgan fingerprint density at radius 3 is 2.79 bits per heavy atom. The fraction of sp³-hybridized carbons (Fsp3) is 0.529. The molecule has 0 spiro atoms. The summed E-state index contributed by atoms with van der Waals surface area (Å²) in [6.45, 7) is 1.58. The van der Waals surface area contributed by atoms with Gasteiger partial charge in [-0.15, -0.1) is 11.8 Å². The first-order valence-electron chi connectivity index (χ1n) is 8.23. The summed E-state index contributed by atoms with van der Waals surface area (Å²) in [5.41, 5.74) is 6.89. The molecule has 0 aliphatic carbocycles. The van der Waals surface area contributed by atoms with Crippen molar-refractivity contribution in [3.05, 3.63) is 35.9 Å². The molecule has 1 heterocycles. The predicted molar refractivity (Wildman–Crippen MR) is 95.5 cm³/mol. The maximum atomic E-state index is 12.0. The molecule has 1 atom stereocenters. The van der Waals surface area contributed by atoms with E-state index in [1.54, 1.807) is 11.8 Å². The number of ether oxygens (including phenoxy) is 1. The van der Waals surface area contributed by atoms with Crippen LogP contribution in [0.25, 0.3) is 0 Å². The van der Waals surface area contributed by atoms with E-state index in [0.717, 1.165) is 36.6 Å². The average Bonchev–Trinajstić information content (AvgIpc) is 3.14. The molecule has 0 aromatic heterocycles. The van der Waals surface area contributed by atoms with Crippen molar-refractivity contribution < 1.29 is 14.3 Å². The highest BCUT2D eigenvalue weighted by Crippen LogP contribution is 2.15. The summed E-state index contributed by atoms with van der Waals surface area (Å²) < 4.78 is 5.12. The smallest absolute Gasteiger partial charge is 0.407 e. The summed E-state index contributed by atoms with van der Waals surface area (Å²) in [4.78, 5) is 25.4. The summed E-state index contributed by atoms with van der Waals surface area (Å²) in [5, 5.41) is 2.71. The van der Waals surface area contributed by atoms with Crippen LogP contribution in [0.15, 0.2) is 30.3 Å². The van der Waals surface area contributed by atoms with E-state index in [1.807, 2.05) is 35.2 Å². The lowest BCUT2D eigenvalue weighted by atomic mass is 10.1. The van der Waals surface area contributed by atoms with E-state index in [0.29, 0.717) is 13.0 Å². The third-order valence-electron chi connectivity index (χ3n) is 3.81. The molecule has 3 N–H and O–H groups in total. The van der Waals surface area contributed by atoms with Gasteiger partial charge in [-0.2, -0.15) is 0 Å². The summed E-state index contributed by atoms with van der Waals surface area (Å²) in [7, 11) is 0.